The Balaban J connectivity index is 0. The molecule has 0 atom stereocenters. The molecule has 0 aliphatic rings. The van der Waals surface area contributed by atoms with Gasteiger partial charge in [-0.2, -0.15) is 0 Å². The lowest BCUT2D eigenvalue weighted by Gasteiger charge is -2.00. The molecule has 0 aromatic rings. The zero-order chi connectivity index (χ0) is 14.2. The van der Waals surface area contributed by atoms with Crippen molar-refractivity contribution >= 4 is 5.91 Å². The Kier molecular flexibility index (Phi) is 18.0. The minimum atomic E-state index is -0.167. The van der Waals surface area contributed by atoms with Crippen LogP contribution in [0, 0.1) is 0 Å². The average molecular weight is 259 g/mol. The topological polar surface area (TPSA) is 63.3 Å². The molecule has 0 radical (unpaired) electrons. The summed E-state index contributed by atoms with van der Waals surface area (Å²) in [6.07, 6.45) is 11.9. The first-order chi connectivity index (χ1) is 8.50. The minimum absolute atomic E-state index is 0.159. The number of amides is 1. The zero-order valence-electron chi connectivity index (χ0n) is 12.6. The Morgan fingerprint density at radius 3 is 1.61 bits per heavy atom. The normalized spacial score (nSPS) is 10.1. The molecule has 0 aliphatic carbocycles. The van der Waals surface area contributed by atoms with E-state index < -0.39 is 0 Å². The van der Waals surface area contributed by atoms with Gasteiger partial charge in [0, 0.05) is 12.5 Å². The SMILES string of the molecule is CC(C)O.CCCCCCCCCCCC(N)=O. The molecule has 0 bridgehead atoms. The maximum atomic E-state index is 10.4. The molecule has 0 rings (SSSR count). The number of primary amides is 1. The van der Waals surface area contributed by atoms with Crippen molar-refractivity contribution in [1.29, 1.82) is 0 Å². The summed E-state index contributed by atoms with van der Waals surface area (Å²) < 4.78 is 0. The molecule has 0 aliphatic heterocycles. The van der Waals surface area contributed by atoms with Crippen LogP contribution in [0.25, 0.3) is 0 Å². The van der Waals surface area contributed by atoms with E-state index in [0.717, 1.165) is 12.8 Å². The lowest BCUT2D eigenvalue weighted by Crippen LogP contribution is -2.09. The van der Waals surface area contributed by atoms with Crippen LogP contribution in [0.5, 0.6) is 0 Å². The van der Waals surface area contributed by atoms with E-state index in [9.17, 15) is 4.79 Å². The number of rotatable bonds is 10. The molecule has 0 heterocycles. The molecule has 3 heteroatoms. The van der Waals surface area contributed by atoms with Crippen LogP contribution < -0.4 is 5.73 Å². The Labute approximate surface area is 113 Å². The summed E-state index contributed by atoms with van der Waals surface area (Å²) in [6.45, 7) is 5.68. The van der Waals surface area contributed by atoms with Crippen LogP contribution >= 0.6 is 0 Å². The summed E-state index contributed by atoms with van der Waals surface area (Å²) in [6, 6.07) is 0. The first kappa shape index (κ1) is 19.8. The molecule has 0 spiro atoms. The number of unbranched alkanes of at least 4 members (excludes halogenated alkanes) is 8. The summed E-state index contributed by atoms with van der Waals surface area (Å²) in [5.41, 5.74) is 5.05. The first-order valence-corrected chi connectivity index (χ1v) is 7.47. The number of aliphatic hydroxyl groups is 1. The van der Waals surface area contributed by atoms with Crippen LogP contribution in [0.3, 0.4) is 0 Å². The monoisotopic (exact) mass is 259 g/mol. The second-order valence-electron chi connectivity index (χ2n) is 5.14. The van der Waals surface area contributed by atoms with E-state index in [4.69, 9.17) is 10.8 Å². The van der Waals surface area contributed by atoms with Gasteiger partial charge in [0.15, 0.2) is 0 Å². The summed E-state index contributed by atoms with van der Waals surface area (Å²) in [4.78, 5) is 10.4. The maximum Gasteiger partial charge on any atom is 0.217 e. The van der Waals surface area contributed by atoms with Crippen molar-refractivity contribution < 1.29 is 9.90 Å². The summed E-state index contributed by atoms with van der Waals surface area (Å²) in [7, 11) is 0. The third-order valence-electron chi connectivity index (χ3n) is 2.53. The number of hydrogen-bond acceptors (Lipinski definition) is 2. The number of hydrogen-bond donors (Lipinski definition) is 2. The zero-order valence-corrected chi connectivity index (χ0v) is 12.6. The van der Waals surface area contributed by atoms with E-state index in [-0.39, 0.29) is 12.0 Å². The second-order valence-corrected chi connectivity index (χ2v) is 5.14. The van der Waals surface area contributed by atoms with E-state index >= 15 is 0 Å². The van der Waals surface area contributed by atoms with Crippen LogP contribution in [-0.4, -0.2) is 17.1 Å². The van der Waals surface area contributed by atoms with Gasteiger partial charge in [-0.1, -0.05) is 58.3 Å². The van der Waals surface area contributed by atoms with E-state index in [0.29, 0.717) is 6.42 Å². The van der Waals surface area contributed by atoms with Gasteiger partial charge in [-0.25, -0.2) is 0 Å². The Bertz CT molecular complexity index is 167. The Morgan fingerprint density at radius 2 is 1.28 bits per heavy atom. The number of nitrogens with two attached hydrogens (primary N) is 1. The third-order valence-corrected chi connectivity index (χ3v) is 2.53. The highest BCUT2D eigenvalue weighted by Gasteiger charge is 1.94. The maximum absolute atomic E-state index is 10.4. The Morgan fingerprint density at radius 1 is 0.944 bits per heavy atom. The van der Waals surface area contributed by atoms with Gasteiger partial charge in [0.2, 0.25) is 5.91 Å². The lowest BCUT2D eigenvalue weighted by molar-refractivity contribution is -0.118. The van der Waals surface area contributed by atoms with Crippen molar-refractivity contribution in [2.24, 2.45) is 5.73 Å². The molecule has 0 unspecified atom stereocenters. The second kappa shape index (κ2) is 16.4. The quantitative estimate of drug-likeness (QED) is 0.586. The molecule has 3 nitrogen and oxygen atoms in total. The van der Waals surface area contributed by atoms with Gasteiger partial charge >= 0.3 is 0 Å². The van der Waals surface area contributed by atoms with Crippen molar-refractivity contribution in [3.05, 3.63) is 0 Å². The van der Waals surface area contributed by atoms with E-state index in [1.54, 1.807) is 13.8 Å². The van der Waals surface area contributed by atoms with E-state index in [1.165, 1.54) is 44.9 Å². The number of aliphatic hydroxyl groups excluding tert-OH is 1. The van der Waals surface area contributed by atoms with E-state index in [1.807, 2.05) is 0 Å². The number of carbonyl (C=O) groups is 1. The van der Waals surface area contributed by atoms with Gasteiger partial charge in [-0.05, 0) is 20.3 Å². The van der Waals surface area contributed by atoms with Crippen molar-refractivity contribution in [1.82, 2.24) is 0 Å². The molecule has 0 saturated heterocycles. The molecule has 0 saturated carbocycles. The van der Waals surface area contributed by atoms with Gasteiger partial charge in [0.25, 0.3) is 0 Å². The van der Waals surface area contributed by atoms with Gasteiger partial charge < -0.3 is 10.8 Å². The third kappa shape index (κ3) is 29.5. The highest BCUT2D eigenvalue weighted by atomic mass is 16.3. The molecular weight excluding hydrogens is 226 g/mol. The molecular formula is C15H33NO2. The smallest absolute Gasteiger partial charge is 0.217 e. The standard InChI is InChI=1S/C12H25NO.C3H8O/c1-2-3-4-5-6-7-8-9-10-11-12(13)14;1-3(2)4/h2-11H2,1H3,(H2,13,14);3-4H,1-2H3. The van der Waals surface area contributed by atoms with Crippen LogP contribution in [-0.2, 0) is 4.79 Å². The van der Waals surface area contributed by atoms with Crippen LogP contribution in [0.4, 0.5) is 0 Å². The van der Waals surface area contributed by atoms with Gasteiger partial charge in [-0.15, -0.1) is 0 Å². The van der Waals surface area contributed by atoms with Crippen LogP contribution in [0.15, 0.2) is 0 Å². The minimum Gasteiger partial charge on any atom is -0.394 e. The molecule has 0 aromatic carbocycles. The fourth-order valence-electron chi connectivity index (χ4n) is 1.61. The fraction of sp³-hybridized carbons (Fsp3) is 0.933. The average Bonchev–Trinajstić information content (AvgIpc) is 2.26. The van der Waals surface area contributed by atoms with Crippen molar-refractivity contribution in [2.75, 3.05) is 0 Å². The molecule has 0 aromatic heterocycles. The summed E-state index contributed by atoms with van der Waals surface area (Å²) in [5, 5.41) is 8.06. The fourth-order valence-corrected chi connectivity index (χ4v) is 1.61. The summed E-state index contributed by atoms with van der Waals surface area (Å²) in [5.74, 6) is -0.159. The van der Waals surface area contributed by atoms with Crippen molar-refractivity contribution in [2.45, 2.75) is 91.1 Å². The number of carbonyl (C=O) groups excluding carboxylic acids is 1. The largest absolute Gasteiger partial charge is 0.394 e. The molecule has 1 amide bonds. The molecule has 0 fully saturated rings. The molecule has 110 valence electrons. The van der Waals surface area contributed by atoms with Crippen molar-refractivity contribution in [3.8, 4) is 0 Å². The van der Waals surface area contributed by atoms with Crippen LogP contribution in [0.2, 0.25) is 0 Å². The molecule has 18 heavy (non-hydrogen) atoms. The van der Waals surface area contributed by atoms with Gasteiger partial charge in [0.1, 0.15) is 0 Å². The molecule has 3 N–H and O–H groups in total. The van der Waals surface area contributed by atoms with E-state index in [2.05, 4.69) is 6.92 Å². The highest BCUT2D eigenvalue weighted by molar-refractivity contribution is 5.73. The first-order valence-electron chi connectivity index (χ1n) is 7.47. The van der Waals surface area contributed by atoms with Gasteiger partial charge in [0.05, 0.1) is 0 Å². The lowest BCUT2D eigenvalue weighted by atomic mass is 10.1. The highest BCUT2D eigenvalue weighted by Crippen LogP contribution is 2.10. The van der Waals surface area contributed by atoms with Crippen molar-refractivity contribution in [3.63, 3.8) is 0 Å². The summed E-state index contributed by atoms with van der Waals surface area (Å²) >= 11 is 0. The van der Waals surface area contributed by atoms with Gasteiger partial charge in [-0.3, -0.25) is 4.79 Å². The Hall–Kier alpha value is -0.570. The van der Waals surface area contributed by atoms with Crippen LogP contribution in [0.1, 0.15) is 85.0 Å². The predicted molar refractivity (Wildman–Crippen MR) is 78.4 cm³/mol. The predicted octanol–water partition coefficient (Wildman–Crippen LogP) is 3.78.